The van der Waals surface area contributed by atoms with Crippen molar-refractivity contribution in [3.05, 3.63) is 0 Å². The smallest absolute Gasteiger partial charge is 0.0363 e. The first-order valence-corrected chi connectivity index (χ1v) is 6.25. The number of rotatable bonds is 3. The van der Waals surface area contributed by atoms with Gasteiger partial charge in [0.25, 0.3) is 0 Å². The van der Waals surface area contributed by atoms with Gasteiger partial charge >= 0.3 is 0 Å². The summed E-state index contributed by atoms with van der Waals surface area (Å²) in [5, 5.41) is 0. The highest BCUT2D eigenvalue weighted by molar-refractivity contribution is 4.79. The fraction of sp³-hybridized carbons (Fsp3) is 1.00. The van der Waals surface area contributed by atoms with Crippen LogP contribution in [0.2, 0.25) is 0 Å². The van der Waals surface area contributed by atoms with Gasteiger partial charge in [-0.1, -0.05) is 60.3 Å². The predicted octanol–water partition coefficient (Wildman–Crippen LogP) is 4.89. The van der Waals surface area contributed by atoms with Crippen LogP contribution < -0.4 is 0 Å². The standard InChI is InChI=1S/C11H22.C2H6/c1-4-5-6-11-9(2)7-8-10(11)3;1-2/h9-11H,4-8H2,1-3H3;1-2H3. The molecule has 0 spiro atoms. The molecule has 0 saturated heterocycles. The lowest BCUT2D eigenvalue weighted by molar-refractivity contribution is 0.315. The Morgan fingerprint density at radius 2 is 1.46 bits per heavy atom. The van der Waals surface area contributed by atoms with Crippen LogP contribution in [0.4, 0.5) is 0 Å². The number of hydrogen-bond acceptors (Lipinski definition) is 0. The van der Waals surface area contributed by atoms with Crippen molar-refractivity contribution in [2.24, 2.45) is 17.8 Å². The van der Waals surface area contributed by atoms with Gasteiger partial charge in [0.1, 0.15) is 0 Å². The third-order valence-corrected chi connectivity index (χ3v) is 3.43. The molecule has 2 atom stereocenters. The summed E-state index contributed by atoms with van der Waals surface area (Å²) in [7, 11) is 0. The Kier molecular flexibility index (Phi) is 7.41. The molecule has 0 amide bonds. The SMILES string of the molecule is CC.CCCCC1C(C)CCC1C. The summed E-state index contributed by atoms with van der Waals surface area (Å²) in [4.78, 5) is 0. The first-order chi connectivity index (χ1) is 6.25. The van der Waals surface area contributed by atoms with E-state index in [0.29, 0.717) is 0 Å². The van der Waals surface area contributed by atoms with Crippen LogP contribution in [-0.2, 0) is 0 Å². The lowest BCUT2D eigenvalue weighted by Crippen LogP contribution is -2.10. The third kappa shape index (κ3) is 4.15. The molecule has 0 aromatic heterocycles. The quantitative estimate of drug-likeness (QED) is 0.586. The summed E-state index contributed by atoms with van der Waals surface area (Å²) < 4.78 is 0. The van der Waals surface area contributed by atoms with Crippen LogP contribution >= 0.6 is 0 Å². The minimum absolute atomic E-state index is 1.01. The molecule has 1 aliphatic carbocycles. The Morgan fingerprint density at radius 1 is 1.00 bits per heavy atom. The average Bonchev–Trinajstić information content (AvgIpc) is 2.47. The minimum atomic E-state index is 1.01. The Hall–Kier alpha value is 0. The second-order valence-corrected chi connectivity index (χ2v) is 4.34. The highest BCUT2D eigenvalue weighted by Crippen LogP contribution is 2.39. The van der Waals surface area contributed by atoms with Crippen LogP contribution in [0.1, 0.15) is 66.7 Å². The maximum Gasteiger partial charge on any atom is -0.0363 e. The van der Waals surface area contributed by atoms with E-state index in [4.69, 9.17) is 0 Å². The molecule has 2 unspecified atom stereocenters. The minimum Gasteiger partial charge on any atom is -0.0683 e. The van der Waals surface area contributed by atoms with Crippen LogP contribution in [-0.4, -0.2) is 0 Å². The van der Waals surface area contributed by atoms with Gasteiger partial charge in [-0.15, -0.1) is 0 Å². The van der Waals surface area contributed by atoms with Crippen molar-refractivity contribution in [3.8, 4) is 0 Å². The number of unbranched alkanes of at least 4 members (excludes halogenated alkanes) is 1. The molecule has 0 heterocycles. The largest absolute Gasteiger partial charge is 0.0683 e. The average molecular weight is 184 g/mol. The maximum absolute atomic E-state index is 2.43. The van der Waals surface area contributed by atoms with E-state index in [1.165, 1.54) is 32.1 Å². The van der Waals surface area contributed by atoms with Gasteiger partial charge in [-0.2, -0.15) is 0 Å². The zero-order valence-electron chi connectivity index (χ0n) is 10.3. The Labute approximate surface area is 85.1 Å². The van der Waals surface area contributed by atoms with Crippen molar-refractivity contribution in [1.82, 2.24) is 0 Å². The van der Waals surface area contributed by atoms with Crippen molar-refractivity contribution < 1.29 is 0 Å². The molecule has 0 bridgehead atoms. The molecule has 1 saturated carbocycles. The molecule has 80 valence electrons. The molecule has 0 N–H and O–H groups in total. The summed E-state index contributed by atoms with van der Waals surface area (Å²) in [6.45, 7) is 11.2. The van der Waals surface area contributed by atoms with E-state index >= 15 is 0 Å². The molecule has 1 aliphatic rings. The van der Waals surface area contributed by atoms with Crippen molar-refractivity contribution >= 4 is 0 Å². The summed E-state index contributed by atoms with van der Waals surface area (Å²) in [6.07, 6.45) is 7.26. The molecule has 0 nitrogen and oxygen atoms in total. The van der Waals surface area contributed by atoms with Crippen LogP contribution in [0.15, 0.2) is 0 Å². The number of hydrogen-bond donors (Lipinski definition) is 0. The molecule has 13 heavy (non-hydrogen) atoms. The molecule has 1 rings (SSSR count). The lowest BCUT2D eigenvalue weighted by atomic mass is 9.87. The second-order valence-electron chi connectivity index (χ2n) is 4.34. The van der Waals surface area contributed by atoms with Gasteiger partial charge in [-0.3, -0.25) is 0 Å². The topological polar surface area (TPSA) is 0 Å². The van der Waals surface area contributed by atoms with E-state index in [1.807, 2.05) is 13.8 Å². The zero-order chi connectivity index (χ0) is 10.3. The highest BCUT2D eigenvalue weighted by Gasteiger charge is 2.28. The Morgan fingerprint density at radius 3 is 1.85 bits per heavy atom. The fourth-order valence-corrected chi connectivity index (χ4v) is 2.52. The second kappa shape index (κ2) is 7.41. The molecule has 0 aromatic carbocycles. The predicted molar refractivity (Wildman–Crippen MR) is 61.9 cm³/mol. The van der Waals surface area contributed by atoms with E-state index in [9.17, 15) is 0 Å². The van der Waals surface area contributed by atoms with Crippen molar-refractivity contribution in [2.45, 2.75) is 66.7 Å². The van der Waals surface area contributed by atoms with Gasteiger partial charge in [0, 0.05) is 0 Å². The van der Waals surface area contributed by atoms with E-state index in [1.54, 1.807) is 0 Å². The van der Waals surface area contributed by atoms with Gasteiger partial charge in [0.2, 0.25) is 0 Å². The summed E-state index contributed by atoms with van der Waals surface area (Å²) in [6, 6.07) is 0. The van der Waals surface area contributed by atoms with Crippen LogP contribution in [0.5, 0.6) is 0 Å². The van der Waals surface area contributed by atoms with Crippen LogP contribution in [0, 0.1) is 17.8 Å². The van der Waals surface area contributed by atoms with E-state index in [2.05, 4.69) is 20.8 Å². The van der Waals surface area contributed by atoms with Crippen molar-refractivity contribution in [3.63, 3.8) is 0 Å². The monoisotopic (exact) mass is 184 g/mol. The van der Waals surface area contributed by atoms with E-state index < -0.39 is 0 Å². The van der Waals surface area contributed by atoms with Gasteiger partial charge in [-0.05, 0) is 24.2 Å². The molecular weight excluding hydrogens is 156 g/mol. The first kappa shape index (κ1) is 13.0. The van der Waals surface area contributed by atoms with Crippen molar-refractivity contribution in [2.75, 3.05) is 0 Å². The molecule has 0 aliphatic heterocycles. The molecule has 1 fully saturated rings. The van der Waals surface area contributed by atoms with Crippen molar-refractivity contribution in [1.29, 1.82) is 0 Å². The molecule has 0 radical (unpaired) electrons. The van der Waals surface area contributed by atoms with Gasteiger partial charge in [-0.25, -0.2) is 0 Å². The zero-order valence-corrected chi connectivity index (χ0v) is 10.3. The molecule has 0 aromatic rings. The Balaban J connectivity index is 0.000000671. The molecule has 0 heteroatoms. The highest BCUT2D eigenvalue weighted by atomic mass is 14.3. The summed E-state index contributed by atoms with van der Waals surface area (Å²) in [5.74, 6) is 3.07. The first-order valence-electron chi connectivity index (χ1n) is 6.25. The van der Waals surface area contributed by atoms with Gasteiger partial charge < -0.3 is 0 Å². The fourth-order valence-electron chi connectivity index (χ4n) is 2.52. The summed E-state index contributed by atoms with van der Waals surface area (Å²) >= 11 is 0. The normalized spacial score (nSPS) is 32.5. The van der Waals surface area contributed by atoms with Crippen LogP contribution in [0.3, 0.4) is 0 Å². The van der Waals surface area contributed by atoms with E-state index in [-0.39, 0.29) is 0 Å². The lowest BCUT2D eigenvalue weighted by Gasteiger charge is -2.19. The third-order valence-electron chi connectivity index (χ3n) is 3.43. The van der Waals surface area contributed by atoms with Crippen LogP contribution in [0.25, 0.3) is 0 Å². The summed E-state index contributed by atoms with van der Waals surface area (Å²) in [5.41, 5.74) is 0. The van der Waals surface area contributed by atoms with Gasteiger partial charge in [0.15, 0.2) is 0 Å². The maximum atomic E-state index is 2.43. The van der Waals surface area contributed by atoms with E-state index in [0.717, 1.165) is 17.8 Å². The van der Waals surface area contributed by atoms with Gasteiger partial charge in [0.05, 0.1) is 0 Å². The Bertz CT molecular complexity index is 96.6. The molecular formula is C13H28.